The number of rotatable bonds is 3. The highest BCUT2D eigenvalue weighted by Crippen LogP contribution is 2.12. The molecule has 4 nitrogen and oxygen atoms in total. The fourth-order valence-corrected chi connectivity index (χ4v) is 3.19. The molecule has 1 aliphatic rings. The van der Waals surface area contributed by atoms with Crippen LogP contribution in [0.15, 0.2) is 0 Å². The van der Waals surface area contributed by atoms with Gasteiger partial charge in [0.25, 0.3) is 0 Å². The summed E-state index contributed by atoms with van der Waals surface area (Å²) in [5.74, 6) is 0.161. The van der Waals surface area contributed by atoms with Crippen molar-refractivity contribution >= 4 is 21.6 Å². The van der Waals surface area contributed by atoms with Crippen molar-refractivity contribution < 1.29 is 8.42 Å². The molecule has 1 fully saturated rings. The Hall–Kier alpha value is 0.160. The third-order valence-corrected chi connectivity index (χ3v) is 5.46. The molecular formula is C8H17ClN2O2S. The molecule has 0 aromatic rings. The molecule has 6 heteroatoms. The average molecular weight is 241 g/mol. The van der Waals surface area contributed by atoms with Crippen LogP contribution in [-0.4, -0.2) is 62.0 Å². The second-order valence-electron chi connectivity index (χ2n) is 3.71. The minimum absolute atomic E-state index is 0.161. The number of alkyl halides is 1. The second-order valence-corrected chi connectivity index (χ2v) is 6.37. The van der Waals surface area contributed by atoms with Crippen LogP contribution >= 0.6 is 11.6 Å². The lowest BCUT2D eigenvalue weighted by atomic mass is 10.4. The summed E-state index contributed by atoms with van der Waals surface area (Å²) in [5, 5.41) is -0.479. The predicted octanol–water partition coefficient (Wildman–Crippen LogP) is 0.191. The Balaban J connectivity index is 2.65. The molecule has 1 saturated heterocycles. The number of hydrogen-bond acceptors (Lipinski definition) is 3. The van der Waals surface area contributed by atoms with Gasteiger partial charge in [0.2, 0.25) is 10.0 Å². The monoisotopic (exact) mass is 240 g/mol. The molecular weight excluding hydrogens is 224 g/mol. The molecule has 0 aromatic carbocycles. The van der Waals surface area contributed by atoms with Crippen LogP contribution in [-0.2, 0) is 10.0 Å². The van der Waals surface area contributed by atoms with E-state index in [1.165, 1.54) is 0 Å². The van der Waals surface area contributed by atoms with Crippen molar-refractivity contribution in [3.05, 3.63) is 0 Å². The maximum absolute atomic E-state index is 11.8. The second kappa shape index (κ2) is 4.79. The number of hydrogen-bond donors (Lipinski definition) is 0. The first-order valence-corrected chi connectivity index (χ1v) is 6.75. The maximum Gasteiger partial charge on any atom is 0.217 e. The lowest BCUT2D eigenvalue weighted by Gasteiger charge is -2.32. The summed E-state index contributed by atoms with van der Waals surface area (Å²) in [6, 6.07) is 0. The van der Waals surface area contributed by atoms with Gasteiger partial charge in [0, 0.05) is 32.1 Å². The molecule has 0 aromatic heterocycles. The maximum atomic E-state index is 11.8. The van der Waals surface area contributed by atoms with Crippen molar-refractivity contribution in [3.8, 4) is 0 Å². The van der Waals surface area contributed by atoms with Crippen LogP contribution < -0.4 is 0 Å². The van der Waals surface area contributed by atoms with Gasteiger partial charge < -0.3 is 4.90 Å². The quantitative estimate of drug-likeness (QED) is 0.662. The summed E-state index contributed by atoms with van der Waals surface area (Å²) >= 11 is 5.57. The number of likely N-dealkylation sites (N-methyl/N-ethyl adjacent to an activating group) is 1. The smallest absolute Gasteiger partial charge is 0.217 e. The standard InChI is InChI=1S/C8H17ClN2O2S/c1-8(7-9)14(12,13)11-5-3-10(2)4-6-11/h8H,3-7H2,1-2H3. The molecule has 0 aliphatic carbocycles. The van der Waals surface area contributed by atoms with Gasteiger partial charge in [-0.15, -0.1) is 11.6 Å². The van der Waals surface area contributed by atoms with Crippen LogP contribution in [0.25, 0.3) is 0 Å². The fourth-order valence-electron chi connectivity index (χ4n) is 1.38. The summed E-state index contributed by atoms with van der Waals surface area (Å²) < 4.78 is 25.2. The van der Waals surface area contributed by atoms with E-state index >= 15 is 0 Å². The molecule has 0 N–H and O–H groups in total. The van der Waals surface area contributed by atoms with Crippen LogP contribution in [0.4, 0.5) is 0 Å². The van der Waals surface area contributed by atoms with E-state index in [2.05, 4.69) is 4.90 Å². The number of piperazine rings is 1. The largest absolute Gasteiger partial charge is 0.304 e. The molecule has 84 valence electrons. The van der Waals surface area contributed by atoms with E-state index in [0.717, 1.165) is 13.1 Å². The Labute approximate surface area is 90.9 Å². The van der Waals surface area contributed by atoms with E-state index in [0.29, 0.717) is 13.1 Å². The molecule has 1 unspecified atom stereocenters. The van der Waals surface area contributed by atoms with Gasteiger partial charge in [-0.3, -0.25) is 0 Å². The van der Waals surface area contributed by atoms with Crippen molar-refractivity contribution in [2.75, 3.05) is 39.1 Å². The summed E-state index contributed by atoms with van der Waals surface area (Å²) in [5.41, 5.74) is 0. The molecule has 1 heterocycles. The zero-order chi connectivity index (χ0) is 10.8. The van der Waals surface area contributed by atoms with Crippen LogP contribution in [0, 0.1) is 0 Å². The summed E-state index contributed by atoms with van der Waals surface area (Å²) in [6.45, 7) is 4.42. The van der Waals surface area contributed by atoms with E-state index < -0.39 is 15.3 Å². The van der Waals surface area contributed by atoms with E-state index in [-0.39, 0.29) is 5.88 Å². The normalized spacial score (nSPS) is 23.6. The van der Waals surface area contributed by atoms with Crippen molar-refractivity contribution in [3.63, 3.8) is 0 Å². The van der Waals surface area contributed by atoms with Gasteiger partial charge >= 0.3 is 0 Å². The van der Waals surface area contributed by atoms with Crippen LogP contribution in [0.1, 0.15) is 6.92 Å². The fraction of sp³-hybridized carbons (Fsp3) is 1.00. The first kappa shape index (κ1) is 12.2. The SMILES string of the molecule is CC(CCl)S(=O)(=O)N1CCN(C)CC1. The molecule has 0 amide bonds. The van der Waals surface area contributed by atoms with E-state index in [9.17, 15) is 8.42 Å². The highest BCUT2D eigenvalue weighted by Gasteiger charge is 2.30. The first-order valence-electron chi connectivity index (χ1n) is 4.72. The molecule has 0 bridgehead atoms. The highest BCUT2D eigenvalue weighted by atomic mass is 35.5. The zero-order valence-electron chi connectivity index (χ0n) is 8.61. The van der Waals surface area contributed by atoms with E-state index in [1.807, 2.05) is 7.05 Å². The lowest BCUT2D eigenvalue weighted by molar-refractivity contribution is 0.221. The third kappa shape index (κ3) is 2.59. The summed E-state index contributed by atoms with van der Waals surface area (Å²) in [4.78, 5) is 2.12. The van der Waals surface area contributed by atoms with Gasteiger partial charge in [0.15, 0.2) is 0 Å². The van der Waals surface area contributed by atoms with Gasteiger partial charge in [0.05, 0.1) is 5.25 Å². The lowest BCUT2D eigenvalue weighted by Crippen LogP contribution is -2.49. The molecule has 14 heavy (non-hydrogen) atoms. The zero-order valence-corrected chi connectivity index (χ0v) is 10.2. The summed E-state index contributed by atoms with van der Waals surface area (Å²) in [6.07, 6.45) is 0. The molecule has 0 radical (unpaired) electrons. The summed E-state index contributed by atoms with van der Waals surface area (Å²) in [7, 11) is -1.17. The number of sulfonamides is 1. The predicted molar refractivity (Wildman–Crippen MR) is 58.2 cm³/mol. The Morgan fingerprint density at radius 2 is 1.79 bits per heavy atom. The average Bonchev–Trinajstić information content (AvgIpc) is 2.17. The van der Waals surface area contributed by atoms with E-state index in [4.69, 9.17) is 11.6 Å². The number of nitrogens with zero attached hydrogens (tertiary/aromatic N) is 2. The number of halogens is 1. The van der Waals surface area contributed by atoms with Crippen molar-refractivity contribution in [1.82, 2.24) is 9.21 Å². The van der Waals surface area contributed by atoms with Crippen molar-refractivity contribution in [2.24, 2.45) is 0 Å². The van der Waals surface area contributed by atoms with Gasteiger partial charge in [-0.1, -0.05) is 0 Å². The van der Waals surface area contributed by atoms with Gasteiger partial charge in [-0.05, 0) is 14.0 Å². The molecule has 0 spiro atoms. The minimum Gasteiger partial charge on any atom is -0.304 e. The van der Waals surface area contributed by atoms with E-state index in [1.54, 1.807) is 11.2 Å². The first-order chi connectivity index (χ1) is 6.48. The Bertz CT molecular complexity index is 273. The molecule has 1 rings (SSSR count). The minimum atomic E-state index is -3.16. The van der Waals surface area contributed by atoms with Crippen LogP contribution in [0.2, 0.25) is 0 Å². The van der Waals surface area contributed by atoms with Gasteiger partial charge in [-0.25, -0.2) is 8.42 Å². The third-order valence-electron chi connectivity index (χ3n) is 2.55. The Kier molecular flexibility index (Phi) is 4.18. The van der Waals surface area contributed by atoms with Crippen molar-refractivity contribution in [1.29, 1.82) is 0 Å². The Morgan fingerprint density at radius 3 is 2.21 bits per heavy atom. The topological polar surface area (TPSA) is 40.6 Å². The van der Waals surface area contributed by atoms with Gasteiger partial charge in [-0.2, -0.15) is 4.31 Å². The molecule has 1 atom stereocenters. The van der Waals surface area contributed by atoms with Crippen LogP contribution in [0.5, 0.6) is 0 Å². The molecule has 1 aliphatic heterocycles. The Morgan fingerprint density at radius 1 is 1.29 bits per heavy atom. The van der Waals surface area contributed by atoms with Crippen LogP contribution in [0.3, 0.4) is 0 Å². The highest BCUT2D eigenvalue weighted by molar-refractivity contribution is 7.89. The van der Waals surface area contributed by atoms with Gasteiger partial charge in [0.1, 0.15) is 0 Å². The van der Waals surface area contributed by atoms with Crippen molar-refractivity contribution in [2.45, 2.75) is 12.2 Å². The molecule has 0 saturated carbocycles.